The molecule has 0 saturated heterocycles. The zero-order valence-electron chi connectivity index (χ0n) is 12.9. The fourth-order valence-electron chi connectivity index (χ4n) is 2.66. The first-order chi connectivity index (χ1) is 11.0. The summed E-state index contributed by atoms with van der Waals surface area (Å²) >= 11 is 4.91. The quantitative estimate of drug-likeness (QED) is 0.832. The first kappa shape index (κ1) is 16.4. The lowest BCUT2D eigenvalue weighted by atomic mass is 10.1. The van der Waals surface area contributed by atoms with Gasteiger partial charge in [-0.3, -0.25) is 19.4 Å². The maximum atomic E-state index is 12.6. The van der Waals surface area contributed by atoms with Crippen LogP contribution in [0.4, 0.5) is 5.82 Å². The van der Waals surface area contributed by atoms with Gasteiger partial charge in [-0.05, 0) is 31.0 Å². The number of nitrogens with one attached hydrogen (secondary N) is 2. The molecule has 2 aromatic rings. The fourth-order valence-corrected chi connectivity index (χ4v) is 4.05. The second-order valence-corrected chi connectivity index (χ2v) is 7.63. The van der Waals surface area contributed by atoms with Crippen molar-refractivity contribution in [3.8, 4) is 0 Å². The zero-order chi connectivity index (χ0) is 16.6. The highest BCUT2D eigenvalue weighted by Crippen LogP contribution is 2.40. The van der Waals surface area contributed by atoms with Crippen LogP contribution in [0.1, 0.15) is 42.7 Å². The van der Waals surface area contributed by atoms with E-state index in [4.69, 9.17) is 0 Å². The number of amides is 1. The van der Waals surface area contributed by atoms with Crippen molar-refractivity contribution in [1.82, 2.24) is 9.78 Å². The number of hydrogen-bond donors (Lipinski definition) is 2. The summed E-state index contributed by atoms with van der Waals surface area (Å²) in [7, 11) is 0. The highest BCUT2D eigenvalue weighted by Gasteiger charge is 2.31. The van der Waals surface area contributed by atoms with Gasteiger partial charge in [0.2, 0.25) is 5.91 Å². The largest absolute Gasteiger partial charge is 0.310 e. The summed E-state index contributed by atoms with van der Waals surface area (Å²) in [6.07, 6.45) is 0.864. The van der Waals surface area contributed by atoms with Crippen LogP contribution >= 0.6 is 27.7 Å². The van der Waals surface area contributed by atoms with Gasteiger partial charge in [0.25, 0.3) is 5.56 Å². The first-order valence-corrected chi connectivity index (χ1v) is 9.36. The lowest BCUT2D eigenvalue weighted by Gasteiger charge is -2.16. The molecule has 0 radical (unpaired) electrons. The predicted octanol–water partition coefficient (Wildman–Crippen LogP) is 3.68. The van der Waals surface area contributed by atoms with Crippen LogP contribution in [0.5, 0.6) is 0 Å². The van der Waals surface area contributed by atoms with Crippen LogP contribution in [0, 0.1) is 0 Å². The van der Waals surface area contributed by atoms with E-state index in [-0.39, 0.29) is 22.8 Å². The molecule has 23 heavy (non-hydrogen) atoms. The summed E-state index contributed by atoms with van der Waals surface area (Å²) in [6, 6.07) is 7.99. The standard InChI is InChI=1S/C16H18BrN3O2S/c1-3-9(2)20-15-13(16(22)19-20)14(23-8-12(21)18-15)10-4-6-11(17)7-5-10/h4-7,9,14H,3,8H2,1-2H3,(H,18,21)(H,19,22)/t9-,14+/m1/s1. The van der Waals surface area contributed by atoms with Crippen molar-refractivity contribution in [3.63, 3.8) is 0 Å². The minimum absolute atomic E-state index is 0.0769. The normalized spacial score (nSPS) is 18.9. The first-order valence-electron chi connectivity index (χ1n) is 7.52. The Bertz CT molecular complexity index is 782. The predicted molar refractivity (Wildman–Crippen MR) is 97.1 cm³/mol. The van der Waals surface area contributed by atoms with Crippen molar-refractivity contribution < 1.29 is 4.79 Å². The van der Waals surface area contributed by atoms with Crippen LogP contribution in [0.2, 0.25) is 0 Å². The van der Waals surface area contributed by atoms with E-state index in [9.17, 15) is 9.59 Å². The number of hydrogen-bond acceptors (Lipinski definition) is 3. The van der Waals surface area contributed by atoms with Gasteiger partial charge in [0.1, 0.15) is 5.82 Å². The number of carbonyl (C=O) groups is 1. The summed E-state index contributed by atoms with van der Waals surface area (Å²) < 4.78 is 2.77. The van der Waals surface area contributed by atoms with E-state index in [2.05, 4.69) is 33.3 Å². The average Bonchev–Trinajstić information content (AvgIpc) is 2.74. The van der Waals surface area contributed by atoms with E-state index in [1.165, 1.54) is 11.8 Å². The number of H-pyrrole nitrogens is 1. The smallest absolute Gasteiger partial charge is 0.270 e. The number of carbonyl (C=O) groups excluding carboxylic acids is 1. The number of benzene rings is 1. The molecule has 3 rings (SSSR count). The zero-order valence-corrected chi connectivity index (χ0v) is 15.3. The number of aromatic amines is 1. The van der Waals surface area contributed by atoms with Gasteiger partial charge in [0.05, 0.1) is 16.6 Å². The molecule has 0 spiro atoms. The monoisotopic (exact) mass is 395 g/mol. The van der Waals surface area contributed by atoms with Gasteiger partial charge in [0, 0.05) is 10.5 Å². The molecular weight excluding hydrogens is 378 g/mol. The average molecular weight is 396 g/mol. The number of halogens is 1. The van der Waals surface area contributed by atoms with Gasteiger partial charge in [-0.1, -0.05) is 35.0 Å². The highest BCUT2D eigenvalue weighted by atomic mass is 79.9. The Morgan fingerprint density at radius 2 is 2.04 bits per heavy atom. The summed E-state index contributed by atoms with van der Waals surface area (Å²) in [5.74, 6) is 0.856. The molecule has 5 nitrogen and oxygen atoms in total. The Kier molecular flexibility index (Phi) is 4.68. The molecule has 0 fully saturated rings. The molecule has 1 aliphatic heterocycles. The van der Waals surface area contributed by atoms with Crippen LogP contribution in [0.3, 0.4) is 0 Å². The van der Waals surface area contributed by atoms with E-state index < -0.39 is 0 Å². The highest BCUT2D eigenvalue weighted by molar-refractivity contribution is 9.10. The van der Waals surface area contributed by atoms with Crippen molar-refractivity contribution in [1.29, 1.82) is 0 Å². The number of thioether (sulfide) groups is 1. The Morgan fingerprint density at radius 3 is 2.70 bits per heavy atom. The van der Waals surface area contributed by atoms with E-state index in [0.717, 1.165) is 16.5 Å². The lowest BCUT2D eigenvalue weighted by molar-refractivity contribution is -0.113. The van der Waals surface area contributed by atoms with Gasteiger partial charge < -0.3 is 5.32 Å². The van der Waals surface area contributed by atoms with Crippen molar-refractivity contribution in [2.24, 2.45) is 0 Å². The van der Waals surface area contributed by atoms with Gasteiger partial charge in [-0.25, -0.2) is 0 Å². The van der Waals surface area contributed by atoms with Crippen molar-refractivity contribution in [2.45, 2.75) is 31.6 Å². The molecule has 1 aromatic heterocycles. The van der Waals surface area contributed by atoms with E-state index >= 15 is 0 Å². The van der Waals surface area contributed by atoms with Crippen molar-refractivity contribution in [3.05, 3.63) is 50.2 Å². The van der Waals surface area contributed by atoms with Crippen molar-refractivity contribution in [2.75, 3.05) is 11.1 Å². The molecule has 0 bridgehead atoms. The number of aromatic nitrogens is 2. The summed E-state index contributed by atoms with van der Waals surface area (Å²) in [6.45, 7) is 4.07. The summed E-state index contributed by atoms with van der Waals surface area (Å²) in [4.78, 5) is 24.6. The molecule has 1 amide bonds. The Balaban J connectivity index is 2.15. The van der Waals surface area contributed by atoms with Crippen LogP contribution in [0.25, 0.3) is 0 Å². The van der Waals surface area contributed by atoms with Crippen LogP contribution in [-0.2, 0) is 4.79 Å². The SMILES string of the molecule is CC[C@@H](C)n1[nH]c(=O)c2c1NC(=O)CS[C@H]2c1ccc(Br)cc1. The van der Waals surface area contributed by atoms with Crippen LogP contribution in [-0.4, -0.2) is 21.4 Å². The number of nitrogens with zero attached hydrogens (tertiary/aromatic N) is 1. The third kappa shape index (κ3) is 3.12. The topological polar surface area (TPSA) is 66.9 Å². The molecule has 122 valence electrons. The molecular formula is C16H18BrN3O2S. The summed E-state index contributed by atoms with van der Waals surface area (Å²) in [5.41, 5.74) is 1.51. The molecule has 2 N–H and O–H groups in total. The minimum Gasteiger partial charge on any atom is -0.310 e. The van der Waals surface area contributed by atoms with Gasteiger partial charge in [-0.15, -0.1) is 11.8 Å². The fraction of sp³-hybridized carbons (Fsp3) is 0.375. The van der Waals surface area contributed by atoms with Gasteiger partial charge in [0.15, 0.2) is 0 Å². The third-order valence-corrected chi connectivity index (χ3v) is 5.87. The Hall–Kier alpha value is -1.47. The lowest BCUT2D eigenvalue weighted by Crippen LogP contribution is -2.18. The second-order valence-electron chi connectivity index (χ2n) is 5.62. The molecule has 0 aliphatic carbocycles. The molecule has 2 heterocycles. The summed E-state index contributed by atoms with van der Waals surface area (Å²) in [5, 5.41) is 5.63. The van der Waals surface area contributed by atoms with E-state index in [1.54, 1.807) is 4.68 Å². The molecule has 1 aliphatic rings. The Labute approximate surface area is 147 Å². The number of anilines is 1. The van der Waals surface area contributed by atoms with Crippen molar-refractivity contribution >= 4 is 39.4 Å². The molecule has 0 unspecified atom stereocenters. The molecule has 2 atom stereocenters. The third-order valence-electron chi connectivity index (χ3n) is 4.07. The van der Waals surface area contributed by atoms with Gasteiger partial charge >= 0.3 is 0 Å². The molecule has 0 saturated carbocycles. The van der Waals surface area contributed by atoms with Crippen LogP contribution in [0.15, 0.2) is 33.5 Å². The van der Waals surface area contributed by atoms with Crippen LogP contribution < -0.4 is 10.9 Å². The minimum atomic E-state index is -0.161. The maximum absolute atomic E-state index is 12.6. The number of rotatable bonds is 3. The van der Waals surface area contributed by atoms with E-state index in [0.29, 0.717) is 17.1 Å². The second kappa shape index (κ2) is 6.57. The van der Waals surface area contributed by atoms with Gasteiger partial charge in [-0.2, -0.15) is 0 Å². The Morgan fingerprint density at radius 1 is 1.35 bits per heavy atom. The van der Waals surface area contributed by atoms with E-state index in [1.807, 2.05) is 31.2 Å². The molecule has 1 aromatic carbocycles. The maximum Gasteiger partial charge on any atom is 0.270 e. The molecule has 7 heteroatoms. The number of fused-ring (bicyclic) bond motifs is 1.